The third-order valence-electron chi connectivity index (χ3n) is 9.02. The maximum atomic E-state index is 13.2. The number of amides is 1. The minimum absolute atomic E-state index is 0.105. The van der Waals surface area contributed by atoms with Crippen molar-refractivity contribution in [2.75, 3.05) is 45.9 Å². The molecule has 5 aromatic rings. The number of nitrogens with zero attached hydrogens (tertiary/aromatic N) is 3. The van der Waals surface area contributed by atoms with Gasteiger partial charge in [-0.25, -0.2) is 0 Å². The van der Waals surface area contributed by atoms with Crippen LogP contribution in [0.2, 0.25) is 5.02 Å². The van der Waals surface area contributed by atoms with Crippen molar-refractivity contribution in [2.45, 2.75) is 45.8 Å². The van der Waals surface area contributed by atoms with E-state index in [0.717, 1.165) is 90.1 Å². The molecule has 7 nitrogen and oxygen atoms in total. The predicted octanol–water partition coefficient (Wildman–Crippen LogP) is 7.37. The lowest BCUT2D eigenvalue weighted by Gasteiger charge is -2.35. The Bertz CT molecular complexity index is 1830. The lowest BCUT2D eigenvalue weighted by molar-refractivity contribution is -0.0307. The maximum absolute atomic E-state index is 13.2. The van der Waals surface area contributed by atoms with Gasteiger partial charge in [0.05, 0.1) is 17.3 Å². The molecule has 8 heteroatoms. The molecule has 6 rings (SSSR count). The molecule has 1 amide bonds. The van der Waals surface area contributed by atoms with E-state index in [2.05, 4.69) is 54.1 Å². The van der Waals surface area contributed by atoms with Crippen LogP contribution in [0, 0.1) is 6.92 Å². The van der Waals surface area contributed by atoms with Crippen molar-refractivity contribution in [1.29, 1.82) is 0 Å². The van der Waals surface area contributed by atoms with E-state index in [0.29, 0.717) is 18.7 Å². The van der Waals surface area contributed by atoms with E-state index in [-0.39, 0.29) is 5.91 Å². The monoisotopic (exact) mass is 652 g/mol. The minimum Gasteiger partial charge on any atom is -0.492 e. The number of halogens is 1. The number of fused-ring (bicyclic) bond motifs is 2. The summed E-state index contributed by atoms with van der Waals surface area (Å²) < 4.78 is 7.96. The number of ether oxygens (including phenoxy) is 1. The molecule has 1 N–H and O–H groups in total. The van der Waals surface area contributed by atoms with E-state index in [9.17, 15) is 4.79 Å². The molecule has 2 heterocycles. The summed E-state index contributed by atoms with van der Waals surface area (Å²) in [7, 11) is 0. The SMILES string of the molecule is Cc1cccc(CNC(=O)c2cn(OC(C)(C)CCCN3CCN(CCOc4ccc(Cl)c5ccccc45)CC3)c3ccccc23)c1. The number of aromatic nitrogens is 1. The van der Waals surface area contributed by atoms with E-state index in [4.69, 9.17) is 21.2 Å². The van der Waals surface area contributed by atoms with Crippen LogP contribution in [0.3, 0.4) is 0 Å². The van der Waals surface area contributed by atoms with Crippen LogP contribution in [0.25, 0.3) is 21.7 Å². The minimum atomic E-state index is -0.401. The van der Waals surface area contributed by atoms with Crippen LogP contribution in [0.5, 0.6) is 5.75 Å². The van der Waals surface area contributed by atoms with Gasteiger partial charge in [0.25, 0.3) is 5.91 Å². The number of hydrogen-bond acceptors (Lipinski definition) is 5. The molecule has 0 spiro atoms. The molecule has 47 heavy (non-hydrogen) atoms. The Morgan fingerprint density at radius 1 is 0.851 bits per heavy atom. The average Bonchev–Trinajstić information content (AvgIpc) is 3.43. The Balaban J connectivity index is 0.954. The van der Waals surface area contributed by atoms with Crippen molar-refractivity contribution in [1.82, 2.24) is 19.8 Å². The first-order chi connectivity index (χ1) is 22.8. The quantitative estimate of drug-likeness (QED) is 0.144. The number of aryl methyl sites for hydroxylation is 1. The number of nitrogens with one attached hydrogen (secondary N) is 1. The lowest BCUT2D eigenvalue weighted by atomic mass is 10.0. The van der Waals surface area contributed by atoms with Crippen molar-refractivity contribution in [3.05, 3.63) is 113 Å². The molecule has 1 aromatic heterocycles. The van der Waals surface area contributed by atoms with E-state index in [1.165, 1.54) is 5.56 Å². The van der Waals surface area contributed by atoms with E-state index >= 15 is 0 Å². The second-order valence-electron chi connectivity index (χ2n) is 13.1. The Labute approximate surface area is 283 Å². The van der Waals surface area contributed by atoms with Gasteiger partial charge in [0.2, 0.25) is 0 Å². The normalized spacial score (nSPS) is 14.5. The number of benzene rings is 4. The van der Waals surface area contributed by atoms with Crippen molar-refractivity contribution in [3.8, 4) is 5.75 Å². The van der Waals surface area contributed by atoms with Gasteiger partial charge < -0.3 is 19.8 Å². The fourth-order valence-electron chi connectivity index (χ4n) is 6.43. The molecule has 0 radical (unpaired) electrons. The largest absolute Gasteiger partial charge is 0.492 e. The highest BCUT2D eigenvalue weighted by atomic mass is 35.5. The molecule has 1 aliphatic heterocycles. The number of rotatable bonds is 13. The second-order valence-corrected chi connectivity index (χ2v) is 13.5. The van der Waals surface area contributed by atoms with Gasteiger partial charge in [-0.3, -0.25) is 9.69 Å². The highest BCUT2D eigenvalue weighted by molar-refractivity contribution is 6.35. The number of hydrogen-bond donors (Lipinski definition) is 1. The number of para-hydroxylation sites is 1. The zero-order chi connectivity index (χ0) is 32.8. The molecular formula is C39H45ClN4O3. The van der Waals surface area contributed by atoms with E-state index in [1.807, 2.05) is 72.9 Å². The topological polar surface area (TPSA) is 59.0 Å². The van der Waals surface area contributed by atoms with Crippen molar-refractivity contribution in [2.24, 2.45) is 0 Å². The first-order valence-electron chi connectivity index (χ1n) is 16.6. The summed E-state index contributed by atoms with van der Waals surface area (Å²) in [6, 6.07) is 28.1. The predicted molar refractivity (Wildman–Crippen MR) is 192 cm³/mol. The van der Waals surface area contributed by atoms with Crippen LogP contribution in [-0.4, -0.2) is 71.9 Å². The molecule has 246 valence electrons. The Kier molecular flexibility index (Phi) is 10.4. The molecule has 1 saturated heterocycles. The van der Waals surface area contributed by atoms with Crippen LogP contribution < -0.4 is 14.9 Å². The van der Waals surface area contributed by atoms with Crippen molar-refractivity contribution in [3.63, 3.8) is 0 Å². The van der Waals surface area contributed by atoms with Gasteiger partial charge in [0.15, 0.2) is 0 Å². The highest BCUT2D eigenvalue weighted by Gasteiger charge is 2.25. The molecule has 0 bridgehead atoms. The number of piperazine rings is 1. The van der Waals surface area contributed by atoms with Gasteiger partial charge in [-0.05, 0) is 63.9 Å². The van der Waals surface area contributed by atoms with Gasteiger partial charge in [-0.2, -0.15) is 4.73 Å². The third-order valence-corrected chi connectivity index (χ3v) is 9.35. The van der Waals surface area contributed by atoms with Gasteiger partial charge in [-0.15, -0.1) is 0 Å². The molecule has 0 saturated carbocycles. The Hall–Kier alpha value is -4.04. The summed E-state index contributed by atoms with van der Waals surface area (Å²) in [6.45, 7) is 13.6. The highest BCUT2D eigenvalue weighted by Crippen LogP contribution is 2.31. The Morgan fingerprint density at radius 3 is 2.32 bits per heavy atom. The molecule has 0 atom stereocenters. The zero-order valence-corrected chi connectivity index (χ0v) is 28.4. The van der Waals surface area contributed by atoms with Crippen LogP contribution in [0.1, 0.15) is 48.2 Å². The van der Waals surface area contributed by atoms with Crippen LogP contribution in [0.15, 0.2) is 91.1 Å². The van der Waals surface area contributed by atoms with Gasteiger partial charge >= 0.3 is 0 Å². The Morgan fingerprint density at radius 2 is 1.55 bits per heavy atom. The van der Waals surface area contributed by atoms with Crippen molar-refractivity contribution >= 4 is 39.2 Å². The standard InChI is InChI=1S/C39H45ClN4O3/c1-29-10-8-11-30(26-29)27-41-38(45)34-28-44(36-15-7-6-13-32(34)36)47-39(2,3)18-9-19-42-20-22-43(23-21-42)24-25-46-37-17-16-35(40)31-12-4-5-14-33(31)37/h4-8,10-17,26,28H,9,18-25,27H2,1-3H3,(H,41,45). The summed E-state index contributed by atoms with van der Waals surface area (Å²) in [6.07, 6.45) is 3.76. The number of carbonyl (C=O) groups excluding carboxylic acids is 1. The fraction of sp³-hybridized carbons (Fsp3) is 0.359. The fourth-order valence-corrected chi connectivity index (χ4v) is 6.66. The zero-order valence-electron chi connectivity index (χ0n) is 27.7. The molecule has 4 aromatic carbocycles. The average molecular weight is 653 g/mol. The summed E-state index contributed by atoms with van der Waals surface area (Å²) in [5.74, 6) is 0.783. The molecule has 0 unspecified atom stereocenters. The van der Waals surface area contributed by atoms with Crippen molar-refractivity contribution < 1.29 is 14.4 Å². The number of carbonyl (C=O) groups is 1. The summed E-state index contributed by atoms with van der Waals surface area (Å²) in [5.41, 5.74) is 3.37. The van der Waals surface area contributed by atoms with Crippen LogP contribution in [-0.2, 0) is 6.54 Å². The third kappa shape index (κ3) is 8.28. The summed E-state index contributed by atoms with van der Waals surface area (Å²) in [4.78, 5) is 24.8. The van der Waals surface area contributed by atoms with Gasteiger partial charge in [0.1, 0.15) is 18.0 Å². The summed E-state index contributed by atoms with van der Waals surface area (Å²) in [5, 5.41) is 6.80. The first kappa shape index (κ1) is 32.9. The molecule has 0 aliphatic carbocycles. The molecular weight excluding hydrogens is 608 g/mol. The van der Waals surface area contributed by atoms with Crippen LogP contribution >= 0.6 is 11.6 Å². The van der Waals surface area contributed by atoms with Gasteiger partial charge in [-0.1, -0.05) is 83.9 Å². The summed E-state index contributed by atoms with van der Waals surface area (Å²) >= 11 is 6.37. The first-order valence-corrected chi connectivity index (χ1v) is 17.0. The molecule has 1 aliphatic rings. The lowest BCUT2D eigenvalue weighted by Crippen LogP contribution is -2.47. The van der Waals surface area contributed by atoms with Crippen LogP contribution in [0.4, 0.5) is 0 Å². The van der Waals surface area contributed by atoms with E-state index < -0.39 is 5.60 Å². The second kappa shape index (κ2) is 14.8. The van der Waals surface area contributed by atoms with E-state index in [1.54, 1.807) is 4.73 Å². The molecule has 1 fully saturated rings. The van der Waals surface area contributed by atoms with Gasteiger partial charge in [0, 0.05) is 60.4 Å². The maximum Gasteiger partial charge on any atom is 0.253 e. The smallest absolute Gasteiger partial charge is 0.253 e.